The Hall–Kier alpha value is -0.860. The third-order valence-electron chi connectivity index (χ3n) is 1.90. The van der Waals surface area contributed by atoms with Crippen LogP contribution >= 0.6 is 0 Å². The summed E-state index contributed by atoms with van der Waals surface area (Å²) >= 11 is 0. The van der Waals surface area contributed by atoms with Gasteiger partial charge >= 0.3 is 0 Å². The largest absolute Gasteiger partial charge is 0.348 e. The highest BCUT2D eigenvalue weighted by Crippen LogP contribution is 2.21. The SMILES string of the molecule is c1ccc(C2OCCCO2)cc1. The van der Waals surface area contributed by atoms with Gasteiger partial charge in [0.15, 0.2) is 6.29 Å². The first kappa shape index (κ1) is 7.77. The van der Waals surface area contributed by atoms with Gasteiger partial charge in [0, 0.05) is 5.56 Å². The second kappa shape index (κ2) is 3.70. The maximum atomic E-state index is 5.44. The van der Waals surface area contributed by atoms with Gasteiger partial charge in [-0.1, -0.05) is 30.3 Å². The van der Waals surface area contributed by atoms with E-state index < -0.39 is 0 Å². The highest BCUT2D eigenvalue weighted by atomic mass is 16.7. The summed E-state index contributed by atoms with van der Waals surface area (Å²) in [7, 11) is 0. The summed E-state index contributed by atoms with van der Waals surface area (Å²) < 4.78 is 10.9. The third-order valence-corrected chi connectivity index (χ3v) is 1.90. The molecule has 0 amide bonds. The molecule has 0 spiro atoms. The summed E-state index contributed by atoms with van der Waals surface area (Å²) in [5.74, 6) is 0. The van der Waals surface area contributed by atoms with Crippen molar-refractivity contribution in [3.63, 3.8) is 0 Å². The van der Waals surface area contributed by atoms with Crippen LogP contribution in [0.4, 0.5) is 0 Å². The highest BCUT2D eigenvalue weighted by Gasteiger charge is 2.15. The van der Waals surface area contributed by atoms with Crippen LogP contribution in [0, 0.1) is 0 Å². The Morgan fingerprint density at radius 3 is 2.33 bits per heavy atom. The molecule has 0 radical (unpaired) electrons. The van der Waals surface area contributed by atoms with Gasteiger partial charge in [0.25, 0.3) is 0 Å². The van der Waals surface area contributed by atoms with Gasteiger partial charge in [-0.2, -0.15) is 0 Å². The standard InChI is InChI=1S/C10H12O2/c1-2-5-9(6-3-1)10-11-7-4-8-12-10/h1-3,5-6,10H,4,7-8H2. The van der Waals surface area contributed by atoms with E-state index in [-0.39, 0.29) is 6.29 Å². The van der Waals surface area contributed by atoms with E-state index in [1.165, 1.54) is 0 Å². The second-order valence-electron chi connectivity index (χ2n) is 2.84. The van der Waals surface area contributed by atoms with E-state index in [2.05, 4.69) is 0 Å². The van der Waals surface area contributed by atoms with Crippen LogP contribution < -0.4 is 0 Å². The maximum Gasteiger partial charge on any atom is 0.183 e. The molecule has 12 heavy (non-hydrogen) atoms. The van der Waals surface area contributed by atoms with E-state index in [1.54, 1.807) is 0 Å². The first-order chi connectivity index (χ1) is 5.97. The van der Waals surface area contributed by atoms with Crippen LogP contribution in [0.25, 0.3) is 0 Å². The average Bonchev–Trinajstić information content (AvgIpc) is 2.21. The molecule has 1 aromatic carbocycles. The van der Waals surface area contributed by atoms with Crippen LogP contribution in [0.2, 0.25) is 0 Å². The molecule has 1 aliphatic rings. The zero-order valence-corrected chi connectivity index (χ0v) is 6.90. The van der Waals surface area contributed by atoms with E-state index in [0.29, 0.717) is 0 Å². The van der Waals surface area contributed by atoms with E-state index in [9.17, 15) is 0 Å². The Labute approximate surface area is 72.1 Å². The molecule has 0 saturated carbocycles. The molecule has 0 bridgehead atoms. The lowest BCUT2D eigenvalue weighted by molar-refractivity contribution is -0.183. The average molecular weight is 164 g/mol. The fraction of sp³-hybridized carbons (Fsp3) is 0.400. The summed E-state index contributed by atoms with van der Waals surface area (Å²) in [6, 6.07) is 10.0. The van der Waals surface area contributed by atoms with Crippen molar-refractivity contribution >= 4 is 0 Å². The van der Waals surface area contributed by atoms with Gasteiger partial charge in [-0.3, -0.25) is 0 Å². The van der Waals surface area contributed by atoms with Gasteiger partial charge in [-0.15, -0.1) is 0 Å². The molecule has 2 nitrogen and oxygen atoms in total. The second-order valence-corrected chi connectivity index (χ2v) is 2.84. The van der Waals surface area contributed by atoms with Crippen molar-refractivity contribution in [3.8, 4) is 0 Å². The molecular formula is C10H12O2. The van der Waals surface area contributed by atoms with Gasteiger partial charge in [0.2, 0.25) is 0 Å². The first-order valence-corrected chi connectivity index (χ1v) is 4.25. The molecule has 1 heterocycles. The highest BCUT2D eigenvalue weighted by molar-refractivity contribution is 5.16. The van der Waals surface area contributed by atoms with Crippen LogP contribution in [0.1, 0.15) is 18.3 Å². The first-order valence-electron chi connectivity index (χ1n) is 4.25. The Bertz CT molecular complexity index is 227. The zero-order chi connectivity index (χ0) is 8.23. The minimum absolute atomic E-state index is 0.139. The quantitative estimate of drug-likeness (QED) is 0.633. The normalized spacial score (nSPS) is 19.3. The fourth-order valence-corrected chi connectivity index (χ4v) is 1.29. The Morgan fingerprint density at radius 1 is 1.00 bits per heavy atom. The van der Waals surface area contributed by atoms with Crippen LogP contribution in [-0.4, -0.2) is 13.2 Å². The summed E-state index contributed by atoms with van der Waals surface area (Å²) in [5.41, 5.74) is 1.11. The lowest BCUT2D eigenvalue weighted by atomic mass is 10.2. The summed E-state index contributed by atoms with van der Waals surface area (Å²) in [6.07, 6.45) is 0.864. The van der Waals surface area contributed by atoms with Crippen LogP contribution in [-0.2, 0) is 9.47 Å². The minimum Gasteiger partial charge on any atom is -0.348 e. The topological polar surface area (TPSA) is 18.5 Å². The minimum atomic E-state index is -0.139. The molecule has 1 aliphatic heterocycles. The van der Waals surface area contributed by atoms with Crippen molar-refractivity contribution in [3.05, 3.63) is 35.9 Å². The molecule has 1 fully saturated rings. The van der Waals surface area contributed by atoms with Crippen LogP contribution in [0.15, 0.2) is 30.3 Å². The van der Waals surface area contributed by atoms with Gasteiger partial charge in [-0.05, 0) is 6.42 Å². The van der Waals surface area contributed by atoms with Gasteiger partial charge in [0.1, 0.15) is 0 Å². The van der Waals surface area contributed by atoms with Crippen molar-refractivity contribution in [1.29, 1.82) is 0 Å². The molecule has 0 atom stereocenters. The number of rotatable bonds is 1. The number of hydrogen-bond acceptors (Lipinski definition) is 2. The van der Waals surface area contributed by atoms with Gasteiger partial charge < -0.3 is 9.47 Å². The molecule has 0 aromatic heterocycles. The van der Waals surface area contributed by atoms with Crippen molar-refractivity contribution in [1.82, 2.24) is 0 Å². The Balaban J connectivity index is 2.08. The summed E-state index contributed by atoms with van der Waals surface area (Å²) in [5, 5.41) is 0. The molecular weight excluding hydrogens is 152 g/mol. The van der Waals surface area contributed by atoms with Gasteiger partial charge in [-0.25, -0.2) is 0 Å². The third kappa shape index (κ3) is 1.65. The Morgan fingerprint density at radius 2 is 1.67 bits per heavy atom. The number of ether oxygens (including phenoxy) is 2. The van der Waals surface area contributed by atoms with Crippen molar-refractivity contribution in [2.75, 3.05) is 13.2 Å². The van der Waals surface area contributed by atoms with Crippen LogP contribution in [0.5, 0.6) is 0 Å². The molecule has 2 heteroatoms. The molecule has 1 saturated heterocycles. The number of hydrogen-bond donors (Lipinski definition) is 0. The van der Waals surface area contributed by atoms with Crippen LogP contribution in [0.3, 0.4) is 0 Å². The summed E-state index contributed by atoms with van der Waals surface area (Å²) in [6.45, 7) is 1.61. The lowest BCUT2D eigenvalue weighted by Crippen LogP contribution is -2.17. The van der Waals surface area contributed by atoms with E-state index in [1.807, 2.05) is 30.3 Å². The predicted octanol–water partition coefficient (Wildman–Crippen LogP) is 2.12. The predicted molar refractivity (Wildman–Crippen MR) is 45.7 cm³/mol. The van der Waals surface area contributed by atoms with Crippen molar-refractivity contribution < 1.29 is 9.47 Å². The summed E-state index contributed by atoms with van der Waals surface area (Å²) in [4.78, 5) is 0. The molecule has 2 rings (SSSR count). The molecule has 64 valence electrons. The molecule has 1 aromatic rings. The van der Waals surface area contributed by atoms with Crippen molar-refractivity contribution in [2.24, 2.45) is 0 Å². The monoisotopic (exact) mass is 164 g/mol. The zero-order valence-electron chi connectivity index (χ0n) is 6.90. The molecule has 0 N–H and O–H groups in total. The number of benzene rings is 1. The molecule has 0 unspecified atom stereocenters. The van der Waals surface area contributed by atoms with E-state index in [0.717, 1.165) is 25.2 Å². The fourth-order valence-electron chi connectivity index (χ4n) is 1.29. The molecule has 0 aliphatic carbocycles. The smallest absolute Gasteiger partial charge is 0.183 e. The van der Waals surface area contributed by atoms with E-state index in [4.69, 9.17) is 9.47 Å². The van der Waals surface area contributed by atoms with Gasteiger partial charge in [0.05, 0.1) is 13.2 Å². The van der Waals surface area contributed by atoms with Crippen molar-refractivity contribution in [2.45, 2.75) is 12.7 Å². The van der Waals surface area contributed by atoms with E-state index >= 15 is 0 Å². The Kier molecular flexibility index (Phi) is 2.39. The maximum absolute atomic E-state index is 5.44. The lowest BCUT2D eigenvalue weighted by Gasteiger charge is -2.23.